The molecule has 9 nitrogen and oxygen atoms in total. The monoisotopic (exact) mass is 461 g/mol. The van der Waals surface area contributed by atoms with Crippen molar-refractivity contribution >= 4 is 29.2 Å². The van der Waals surface area contributed by atoms with Crippen molar-refractivity contribution in [3.05, 3.63) is 89.6 Å². The molecule has 0 fully saturated rings. The second-order valence-corrected chi connectivity index (χ2v) is 7.70. The lowest BCUT2D eigenvalue weighted by Crippen LogP contribution is -2.41. The molecule has 2 aromatic carbocycles. The van der Waals surface area contributed by atoms with Crippen molar-refractivity contribution in [2.75, 3.05) is 7.05 Å². The van der Waals surface area contributed by atoms with Crippen molar-refractivity contribution in [3.63, 3.8) is 0 Å². The van der Waals surface area contributed by atoms with Crippen LogP contribution in [0, 0.1) is 0 Å². The Balaban J connectivity index is 1.67. The number of urea groups is 1. The summed E-state index contributed by atoms with van der Waals surface area (Å²) in [5.74, 6) is -1.44. The Morgan fingerprint density at radius 2 is 1.67 bits per heavy atom. The summed E-state index contributed by atoms with van der Waals surface area (Å²) in [4.78, 5) is 42.5. The van der Waals surface area contributed by atoms with E-state index in [9.17, 15) is 14.4 Å². The molecule has 10 heteroatoms. The molecular weight excluding hydrogens is 442 g/mol. The fraction of sp³-hybridized carbons (Fsp3) is 0.0870. The number of benzene rings is 2. The van der Waals surface area contributed by atoms with Crippen LogP contribution in [0.25, 0.3) is 16.4 Å². The fourth-order valence-corrected chi connectivity index (χ4v) is 3.71. The van der Waals surface area contributed by atoms with E-state index in [4.69, 9.17) is 4.74 Å². The first-order valence-electron chi connectivity index (χ1n) is 9.91. The minimum atomic E-state index is -1.37. The molecule has 0 saturated carbocycles. The summed E-state index contributed by atoms with van der Waals surface area (Å²) in [7, 11) is 1.37. The second kappa shape index (κ2) is 9.88. The van der Waals surface area contributed by atoms with Gasteiger partial charge in [0.15, 0.2) is 5.82 Å². The number of hydrogen-bond donors (Lipinski definition) is 2. The second-order valence-electron chi connectivity index (χ2n) is 6.75. The molecule has 2 N–H and O–H groups in total. The Morgan fingerprint density at radius 1 is 0.970 bits per heavy atom. The summed E-state index contributed by atoms with van der Waals surface area (Å²) < 4.78 is 7.03. The fourth-order valence-electron chi connectivity index (χ4n) is 3.01. The maximum atomic E-state index is 13.0. The Kier molecular flexibility index (Phi) is 6.56. The topological polar surface area (TPSA) is 115 Å². The van der Waals surface area contributed by atoms with Gasteiger partial charge in [0.25, 0.3) is 11.7 Å². The van der Waals surface area contributed by atoms with Crippen LogP contribution >= 0.6 is 11.3 Å². The Labute approximate surface area is 193 Å². The molecule has 0 saturated heterocycles. The number of thiophene rings is 1. The number of carbonyl (C=O) groups is 3. The number of para-hydroxylation sites is 1. The van der Waals surface area contributed by atoms with Crippen LogP contribution < -0.4 is 10.6 Å². The molecule has 3 amide bonds. The van der Waals surface area contributed by atoms with E-state index in [1.807, 2.05) is 47.8 Å². The highest BCUT2D eigenvalue weighted by molar-refractivity contribution is 7.13. The summed E-state index contributed by atoms with van der Waals surface area (Å²) in [5, 5.41) is 10.7. The largest absolute Gasteiger partial charge is 0.441 e. The summed E-state index contributed by atoms with van der Waals surface area (Å²) in [6.45, 7) is 0. The number of aromatic nitrogens is 3. The van der Waals surface area contributed by atoms with E-state index in [0.29, 0.717) is 17.1 Å². The van der Waals surface area contributed by atoms with Crippen molar-refractivity contribution in [1.82, 2.24) is 25.4 Å². The van der Waals surface area contributed by atoms with Crippen LogP contribution in [-0.2, 0) is 9.53 Å². The van der Waals surface area contributed by atoms with Gasteiger partial charge in [-0.3, -0.25) is 10.1 Å². The van der Waals surface area contributed by atoms with Gasteiger partial charge in [-0.2, -0.15) is 4.98 Å². The number of nitrogens with one attached hydrogen (secondary N) is 2. The van der Waals surface area contributed by atoms with E-state index in [-0.39, 0.29) is 5.82 Å². The highest BCUT2D eigenvalue weighted by Gasteiger charge is 2.29. The molecule has 4 aromatic rings. The lowest BCUT2D eigenvalue weighted by Gasteiger charge is -2.16. The van der Waals surface area contributed by atoms with Crippen LogP contribution in [0.2, 0.25) is 0 Å². The van der Waals surface area contributed by atoms with Gasteiger partial charge in [0.05, 0.1) is 10.6 Å². The predicted molar refractivity (Wildman–Crippen MR) is 122 cm³/mol. The number of amides is 3. The van der Waals surface area contributed by atoms with E-state index in [1.165, 1.54) is 18.4 Å². The molecule has 33 heavy (non-hydrogen) atoms. The molecule has 2 heterocycles. The highest BCUT2D eigenvalue weighted by Crippen LogP contribution is 2.26. The quantitative estimate of drug-likeness (QED) is 0.426. The number of hydrogen-bond acceptors (Lipinski definition) is 7. The summed E-state index contributed by atoms with van der Waals surface area (Å²) in [6.07, 6.45) is -1.37. The molecule has 1 unspecified atom stereocenters. The molecule has 0 radical (unpaired) electrons. The molecule has 2 aromatic heterocycles. The average molecular weight is 462 g/mol. The van der Waals surface area contributed by atoms with Crippen LogP contribution in [0.4, 0.5) is 4.79 Å². The summed E-state index contributed by atoms with van der Waals surface area (Å²) in [6, 6.07) is 20.7. The van der Waals surface area contributed by atoms with Gasteiger partial charge in [0.2, 0.25) is 6.10 Å². The predicted octanol–water partition coefficient (Wildman–Crippen LogP) is 3.35. The van der Waals surface area contributed by atoms with Crippen molar-refractivity contribution in [3.8, 4) is 16.4 Å². The van der Waals surface area contributed by atoms with Crippen LogP contribution in [0.5, 0.6) is 0 Å². The van der Waals surface area contributed by atoms with Gasteiger partial charge in [-0.1, -0.05) is 54.6 Å². The van der Waals surface area contributed by atoms with Gasteiger partial charge in [0, 0.05) is 12.6 Å². The van der Waals surface area contributed by atoms with E-state index in [2.05, 4.69) is 20.7 Å². The van der Waals surface area contributed by atoms with Gasteiger partial charge < -0.3 is 10.1 Å². The number of imide groups is 1. The standard InChI is InChI=1S/C23H19N5O4S/c1-24-23(31)26-21(29)18(15-9-4-2-5-10-15)32-22(30)19-25-20(17-13-8-14-33-17)28(27-19)16-11-6-3-7-12-16/h2-14,18H,1H3,(H2,24,26,29,31). The van der Waals surface area contributed by atoms with Gasteiger partial charge >= 0.3 is 12.0 Å². The van der Waals surface area contributed by atoms with Crippen LogP contribution in [0.1, 0.15) is 22.3 Å². The van der Waals surface area contributed by atoms with Crippen LogP contribution in [-0.4, -0.2) is 39.7 Å². The Morgan fingerprint density at radius 3 is 2.30 bits per heavy atom. The molecule has 4 rings (SSSR count). The van der Waals surface area contributed by atoms with E-state index in [1.54, 1.807) is 35.0 Å². The zero-order valence-corrected chi connectivity index (χ0v) is 18.3. The van der Waals surface area contributed by atoms with E-state index >= 15 is 0 Å². The van der Waals surface area contributed by atoms with E-state index < -0.39 is 24.0 Å². The molecule has 0 bridgehead atoms. The molecule has 0 aliphatic rings. The number of carbonyl (C=O) groups excluding carboxylic acids is 3. The third kappa shape index (κ3) is 4.96. The molecule has 1 atom stereocenters. The minimum absolute atomic E-state index is 0.212. The molecule has 0 aliphatic carbocycles. The van der Waals surface area contributed by atoms with Crippen LogP contribution in [0.15, 0.2) is 78.2 Å². The first-order chi connectivity index (χ1) is 16.1. The van der Waals surface area contributed by atoms with Crippen molar-refractivity contribution in [1.29, 1.82) is 0 Å². The molecular formula is C23H19N5O4S. The first kappa shape index (κ1) is 21.9. The lowest BCUT2D eigenvalue weighted by atomic mass is 10.1. The van der Waals surface area contributed by atoms with Crippen molar-refractivity contribution in [2.45, 2.75) is 6.10 Å². The van der Waals surface area contributed by atoms with Gasteiger partial charge in [-0.15, -0.1) is 16.4 Å². The smallest absolute Gasteiger partial charge is 0.379 e. The molecule has 0 aliphatic heterocycles. The third-order valence-electron chi connectivity index (χ3n) is 4.56. The van der Waals surface area contributed by atoms with Gasteiger partial charge in [-0.05, 0) is 23.6 Å². The van der Waals surface area contributed by atoms with Crippen molar-refractivity contribution < 1.29 is 19.1 Å². The minimum Gasteiger partial charge on any atom is -0.441 e. The van der Waals surface area contributed by atoms with Gasteiger partial charge in [-0.25, -0.2) is 14.3 Å². The van der Waals surface area contributed by atoms with Gasteiger partial charge in [0.1, 0.15) is 0 Å². The molecule has 166 valence electrons. The summed E-state index contributed by atoms with van der Waals surface area (Å²) in [5.41, 5.74) is 1.11. The Bertz CT molecular complexity index is 1260. The number of rotatable bonds is 6. The first-order valence-corrected chi connectivity index (χ1v) is 10.8. The lowest BCUT2D eigenvalue weighted by molar-refractivity contribution is -0.129. The number of esters is 1. The number of ether oxygens (including phenoxy) is 1. The SMILES string of the molecule is CNC(=O)NC(=O)C(OC(=O)c1nc(-c2cccs2)n(-c2ccccc2)n1)c1ccccc1. The number of nitrogens with zero attached hydrogens (tertiary/aromatic N) is 3. The summed E-state index contributed by atoms with van der Waals surface area (Å²) >= 11 is 1.45. The maximum absolute atomic E-state index is 13.0. The highest BCUT2D eigenvalue weighted by atomic mass is 32.1. The van der Waals surface area contributed by atoms with E-state index in [0.717, 1.165) is 4.88 Å². The zero-order valence-electron chi connectivity index (χ0n) is 17.5. The zero-order chi connectivity index (χ0) is 23.2. The third-order valence-corrected chi connectivity index (χ3v) is 5.43. The van der Waals surface area contributed by atoms with Crippen molar-refractivity contribution in [2.24, 2.45) is 0 Å². The maximum Gasteiger partial charge on any atom is 0.379 e. The normalized spacial score (nSPS) is 11.4. The molecule has 0 spiro atoms. The van der Waals surface area contributed by atoms with Crippen LogP contribution in [0.3, 0.4) is 0 Å². The average Bonchev–Trinajstić information content (AvgIpc) is 3.53. The Hall–Kier alpha value is -4.31.